The lowest BCUT2D eigenvalue weighted by Gasteiger charge is -2.15. The number of pyridine rings is 1. The number of hydrogen-bond donors (Lipinski definition) is 0. The van der Waals surface area contributed by atoms with Crippen LogP contribution in [0.4, 0.5) is 5.69 Å². The molecule has 0 spiro atoms. The average molecular weight is 387 g/mol. The van der Waals surface area contributed by atoms with Gasteiger partial charge in [-0.25, -0.2) is 15.0 Å². The molecule has 0 amide bonds. The molecule has 4 rings (SSSR count). The van der Waals surface area contributed by atoms with Crippen molar-refractivity contribution in [3.8, 4) is 17.7 Å². The highest BCUT2D eigenvalue weighted by Crippen LogP contribution is 2.19. The normalized spacial score (nSPS) is 13.9. The molecule has 6 heteroatoms. The van der Waals surface area contributed by atoms with Crippen molar-refractivity contribution in [2.24, 2.45) is 0 Å². The van der Waals surface area contributed by atoms with Gasteiger partial charge in [0.25, 0.3) is 0 Å². The molecule has 1 aliphatic heterocycles. The summed E-state index contributed by atoms with van der Waals surface area (Å²) in [7, 11) is 4.01. The number of likely N-dealkylation sites (tertiary alicyclic amines) is 1. The maximum atomic E-state index is 6.02. The zero-order valence-electron chi connectivity index (χ0n) is 16.9. The molecule has 0 N–H and O–H groups in total. The van der Waals surface area contributed by atoms with Gasteiger partial charge in [0, 0.05) is 32.4 Å². The third-order valence-corrected chi connectivity index (χ3v) is 4.95. The number of benzene rings is 1. The topological polar surface area (TPSA) is 54.4 Å². The number of ether oxygens (including phenoxy) is 1. The summed E-state index contributed by atoms with van der Waals surface area (Å²) >= 11 is 0. The number of aromatic nitrogens is 3. The Bertz CT molecular complexity index is 1050. The number of rotatable bonds is 5. The lowest BCUT2D eigenvalue weighted by Crippen LogP contribution is -2.25. The van der Waals surface area contributed by atoms with Crippen LogP contribution in [-0.2, 0) is 0 Å². The fourth-order valence-corrected chi connectivity index (χ4v) is 3.43. The van der Waals surface area contributed by atoms with Crippen molar-refractivity contribution >= 4 is 16.9 Å². The highest BCUT2D eigenvalue weighted by molar-refractivity contribution is 5.71. The van der Waals surface area contributed by atoms with Gasteiger partial charge in [-0.3, -0.25) is 4.90 Å². The molecule has 1 fully saturated rings. The van der Waals surface area contributed by atoms with E-state index in [9.17, 15) is 0 Å². The first-order valence-electron chi connectivity index (χ1n) is 9.97. The zero-order chi connectivity index (χ0) is 20.1. The Balaban J connectivity index is 1.63. The second-order valence-electron chi connectivity index (χ2n) is 7.28. The molecule has 0 unspecified atom stereocenters. The number of anilines is 1. The minimum Gasteiger partial charge on any atom is -0.474 e. The number of hydrogen-bond acceptors (Lipinski definition) is 6. The monoisotopic (exact) mass is 387 g/mol. The summed E-state index contributed by atoms with van der Waals surface area (Å²) in [5.74, 6) is 6.87. The Labute approximate surface area is 171 Å². The quantitative estimate of drug-likeness (QED) is 0.628. The first-order chi connectivity index (χ1) is 14.2. The molecule has 2 aromatic heterocycles. The summed E-state index contributed by atoms with van der Waals surface area (Å²) in [5, 5.41) is 0. The van der Waals surface area contributed by atoms with Crippen molar-refractivity contribution in [3.05, 3.63) is 53.9 Å². The van der Waals surface area contributed by atoms with E-state index in [4.69, 9.17) is 4.74 Å². The minimum absolute atomic E-state index is 0.472. The lowest BCUT2D eigenvalue weighted by molar-refractivity contribution is 0.231. The average Bonchev–Trinajstić information content (AvgIpc) is 3.26. The molecule has 1 saturated heterocycles. The zero-order valence-corrected chi connectivity index (χ0v) is 16.9. The van der Waals surface area contributed by atoms with E-state index >= 15 is 0 Å². The second kappa shape index (κ2) is 8.89. The molecule has 148 valence electrons. The van der Waals surface area contributed by atoms with Crippen LogP contribution in [0, 0.1) is 11.8 Å². The molecule has 0 saturated carbocycles. The standard InChI is InChI=1S/C23H25N5O/c1-27(2)21-10-4-3-8-18(21)11-12-20-23(29-17-16-28-14-5-6-15-28)26-19-9-7-13-24-22(19)25-20/h3-4,7-10,13H,5-6,14-17H2,1-2H3. The van der Waals surface area contributed by atoms with Gasteiger partial charge in [0.2, 0.25) is 5.88 Å². The minimum atomic E-state index is 0.472. The smallest absolute Gasteiger partial charge is 0.249 e. The van der Waals surface area contributed by atoms with Gasteiger partial charge in [-0.1, -0.05) is 18.1 Å². The summed E-state index contributed by atoms with van der Waals surface area (Å²) in [6, 6.07) is 11.8. The summed E-state index contributed by atoms with van der Waals surface area (Å²) in [6.07, 6.45) is 4.25. The second-order valence-corrected chi connectivity index (χ2v) is 7.28. The van der Waals surface area contributed by atoms with Crippen molar-refractivity contribution in [1.29, 1.82) is 0 Å². The van der Waals surface area contributed by atoms with E-state index < -0.39 is 0 Å². The van der Waals surface area contributed by atoms with Crippen LogP contribution in [0.2, 0.25) is 0 Å². The van der Waals surface area contributed by atoms with Crippen molar-refractivity contribution in [2.45, 2.75) is 12.8 Å². The molecule has 29 heavy (non-hydrogen) atoms. The van der Waals surface area contributed by atoms with Crippen LogP contribution in [0.3, 0.4) is 0 Å². The maximum absolute atomic E-state index is 6.02. The third kappa shape index (κ3) is 4.64. The van der Waals surface area contributed by atoms with Crippen LogP contribution in [0.1, 0.15) is 24.1 Å². The van der Waals surface area contributed by atoms with Crippen LogP contribution >= 0.6 is 0 Å². The SMILES string of the molecule is CN(C)c1ccccc1C#Cc1nc2ncccc2nc1OCCN1CCCC1. The fourth-order valence-electron chi connectivity index (χ4n) is 3.43. The lowest BCUT2D eigenvalue weighted by atomic mass is 10.1. The molecule has 6 nitrogen and oxygen atoms in total. The van der Waals surface area contributed by atoms with Gasteiger partial charge >= 0.3 is 0 Å². The Kier molecular flexibility index (Phi) is 5.87. The van der Waals surface area contributed by atoms with Gasteiger partial charge in [0.15, 0.2) is 11.3 Å². The van der Waals surface area contributed by atoms with E-state index in [1.807, 2.05) is 55.4 Å². The van der Waals surface area contributed by atoms with E-state index in [-0.39, 0.29) is 0 Å². The van der Waals surface area contributed by atoms with E-state index in [1.165, 1.54) is 12.8 Å². The van der Waals surface area contributed by atoms with Crippen molar-refractivity contribution in [3.63, 3.8) is 0 Å². The Morgan fingerprint density at radius 2 is 1.86 bits per heavy atom. The van der Waals surface area contributed by atoms with Crippen molar-refractivity contribution in [1.82, 2.24) is 19.9 Å². The molecule has 1 aliphatic rings. The van der Waals surface area contributed by atoms with Crippen molar-refractivity contribution in [2.75, 3.05) is 45.2 Å². The number of para-hydroxylation sites is 1. The van der Waals surface area contributed by atoms with Gasteiger partial charge in [0.1, 0.15) is 12.1 Å². The van der Waals surface area contributed by atoms with E-state index in [2.05, 4.69) is 31.7 Å². The van der Waals surface area contributed by atoms with Gasteiger partial charge in [-0.2, -0.15) is 0 Å². The number of fused-ring (bicyclic) bond motifs is 1. The highest BCUT2D eigenvalue weighted by atomic mass is 16.5. The molecule has 0 aliphatic carbocycles. The van der Waals surface area contributed by atoms with Gasteiger partial charge in [0.05, 0.1) is 5.69 Å². The van der Waals surface area contributed by atoms with Crippen molar-refractivity contribution < 1.29 is 4.74 Å². The molecule has 0 atom stereocenters. The third-order valence-electron chi connectivity index (χ3n) is 4.95. The first-order valence-corrected chi connectivity index (χ1v) is 9.97. The molecular formula is C23H25N5O. The molecule has 3 heterocycles. The van der Waals surface area contributed by atoms with E-state index in [1.54, 1.807) is 6.20 Å². The highest BCUT2D eigenvalue weighted by Gasteiger charge is 2.13. The first kappa shape index (κ1) is 19.2. The van der Waals surface area contributed by atoms with E-state index in [0.29, 0.717) is 29.3 Å². The maximum Gasteiger partial charge on any atom is 0.249 e. The Morgan fingerprint density at radius 3 is 2.69 bits per heavy atom. The van der Waals surface area contributed by atoms with Gasteiger partial charge in [-0.15, -0.1) is 0 Å². The largest absolute Gasteiger partial charge is 0.474 e. The summed E-state index contributed by atoms with van der Waals surface area (Å²) in [5.41, 5.74) is 3.80. The molecule has 0 radical (unpaired) electrons. The van der Waals surface area contributed by atoms with Crippen LogP contribution in [0.25, 0.3) is 11.2 Å². The van der Waals surface area contributed by atoms with Crippen LogP contribution in [-0.4, -0.2) is 60.2 Å². The predicted molar refractivity (Wildman–Crippen MR) is 115 cm³/mol. The Hall–Kier alpha value is -3.17. The Morgan fingerprint density at radius 1 is 1.03 bits per heavy atom. The molecular weight excluding hydrogens is 362 g/mol. The molecule has 0 bridgehead atoms. The predicted octanol–water partition coefficient (Wildman–Crippen LogP) is 2.97. The van der Waals surface area contributed by atoms with Crippen LogP contribution < -0.4 is 9.64 Å². The summed E-state index contributed by atoms with van der Waals surface area (Å²) in [6.45, 7) is 3.75. The van der Waals surface area contributed by atoms with E-state index in [0.717, 1.165) is 30.9 Å². The fraction of sp³-hybridized carbons (Fsp3) is 0.348. The number of nitrogens with zero attached hydrogens (tertiary/aromatic N) is 5. The van der Waals surface area contributed by atoms with Gasteiger partial charge in [-0.05, 0) is 56.1 Å². The van der Waals surface area contributed by atoms with Crippen LogP contribution in [0.15, 0.2) is 42.6 Å². The summed E-state index contributed by atoms with van der Waals surface area (Å²) < 4.78 is 6.02. The molecule has 1 aromatic carbocycles. The van der Waals surface area contributed by atoms with Crippen LogP contribution in [0.5, 0.6) is 5.88 Å². The summed E-state index contributed by atoms with van der Waals surface area (Å²) in [4.78, 5) is 18.0. The van der Waals surface area contributed by atoms with Gasteiger partial charge < -0.3 is 9.64 Å². The molecule has 3 aromatic rings.